The fraction of sp³-hybridized carbons (Fsp3) is 0.500. The number of hydrogen-bond acceptors (Lipinski definition) is 7. The number of hydrogen-bond donors (Lipinski definition) is 3. The zero-order valence-corrected chi connectivity index (χ0v) is 15.7. The Kier molecular flexibility index (Phi) is 5.40. The molecule has 7 nitrogen and oxygen atoms in total. The van der Waals surface area contributed by atoms with Gasteiger partial charge in [0.05, 0.1) is 19.8 Å². The number of aliphatic hydroxyl groups is 1. The Morgan fingerprint density at radius 2 is 1.96 bits per heavy atom. The van der Waals surface area contributed by atoms with E-state index in [9.17, 15) is 5.11 Å². The largest absolute Gasteiger partial charge is 0.394 e. The van der Waals surface area contributed by atoms with Gasteiger partial charge in [0.1, 0.15) is 17.5 Å². The van der Waals surface area contributed by atoms with E-state index in [1.165, 1.54) is 18.4 Å². The zero-order valence-electron chi connectivity index (χ0n) is 15.7. The molecule has 2 aromatic heterocycles. The van der Waals surface area contributed by atoms with E-state index in [0.717, 1.165) is 49.4 Å². The number of nitrogens with zero attached hydrogens (tertiary/aromatic N) is 3. The van der Waals surface area contributed by atoms with Gasteiger partial charge in [0.2, 0.25) is 0 Å². The van der Waals surface area contributed by atoms with Crippen molar-refractivity contribution >= 4 is 23.1 Å². The van der Waals surface area contributed by atoms with Crippen LogP contribution in [0.1, 0.15) is 31.2 Å². The van der Waals surface area contributed by atoms with E-state index in [1.807, 2.05) is 31.3 Å². The van der Waals surface area contributed by atoms with Crippen molar-refractivity contribution < 1.29 is 9.84 Å². The summed E-state index contributed by atoms with van der Waals surface area (Å²) in [4.78, 5) is 11.5. The molecule has 1 atom stereocenters. The maximum absolute atomic E-state index is 9.35. The molecule has 2 fully saturated rings. The minimum Gasteiger partial charge on any atom is -0.394 e. The third kappa shape index (κ3) is 4.67. The Morgan fingerprint density at radius 3 is 2.63 bits per heavy atom. The van der Waals surface area contributed by atoms with Crippen LogP contribution in [0, 0.1) is 0 Å². The maximum Gasteiger partial charge on any atom is 0.135 e. The van der Waals surface area contributed by atoms with Crippen LogP contribution in [-0.2, 0) is 4.74 Å². The van der Waals surface area contributed by atoms with Crippen LogP contribution in [0.5, 0.6) is 0 Å². The average molecular weight is 369 g/mol. The number of pyridine rings is 2. The van der Waals surface area contributed by atoms with Gasteiger partial charge in [-0.05, 0) is 37.3 Å². The summed E-state index contributed by atoms with van der Waals surface area (Å²) in [5.41, 5.74) is 2.40. The number of aromatic nitrogens is 2. The minimum atomic E-state index is -0.0683. The van der Waals surface area contributed by atoms with Crippen molar-refractivity contribution in [2.45, 2.75) is 31.7 Å². The highest BCUT2D eigenvalue weighted by Gasteiger charge is 2.23. The first kappa shape index (κ1) is 18.0. The van der Waals surface area contributed by atoms with Crippen molar-refractivity contribution in [1.29, 1.82) is 0 Å². The molecule has 0 unspecified atom stereocenters. The van der Waals surface area contributed by atoms with Gasteiger partial charge in [-0.15, -0.1) is 0 Å². The van der Waals surface area contributed by atoms with Crippen molar-refractivity contribution in [2.24, 2.45) is 0 Å². The smallest absolute Gasteiger partial charge is 0.135 e. The second-order valence-electron chi connectivity index (χ2n) is 7.30. The Hall–Kier alpha value is -2.38. The molecular weight excluding hydrogens is 342 g/mol. The quantitative estimate of drug-likeness (QED) is 0.692. The summed E-state index contributed by atoms with van der Waals surface area (Å²) < 4.78 is 5.46. The molecular formula is C20H27N5O2. The van der Waals surface area contributed by atoms with Gasteiger partial charge in [0.25, 0.3) is 0 Å². The molecule has 27 heavy (non-hydrogen) atoms. The minimum absolute atomic E-state index is 0.0520. The van der Waals surface area contributed by atoms with Gasteiger partial charge in [-0.1, -0.05) is 6.07 Å². The van der Waals surface area contributed by atoms with E-state index in [2.05, 4.69) is 31.6 Å². The molecule has 2 aliphatic rings. The Bertz CT molecular complexity index is 757. The maximum atomic E-state index is 9.35. The number of aliphatic hydroxyl groups excluding tert-OH is 1. The van der Waals surface area contributed by atoms with E-state index in [-0.39, 0.29) is 12.6 Å². The van der Waals surface area contributed by atoms with Gasteiger partial charge >= 0.3 is 0 Å². The molecule has 1 aliphatic heterocycles. The van der Waals surface area contributed by atoms with E-state index in [4.69, 9.17) is 4.74 Å². The number of anilines is 4. The highest BCUT2D eigenvalue weighted by molar-refractivity contribution is 5.65. The summed E-state index contributed by atoms with van der Waals surface area (Å²) in [6.07, 6.45) is 4.50. The molecule has 3 N–H and O–H groups in total. The number of nitrogens with one attached hydrogen (secondary N) is 2. The molecule has 1 saturated heterocycles. The van der Waals surface area contributed by atoms with Gasteiger partial charge in [-0.2, -0.15) is 0 Å². The van der Waals surface area contributed by atoms with Crippen molar-refractivity contribution in [2.75, 3.05) is 48.4 Å². The molecule has 4 rings (SSSR count). The van der Waals surface area contributed by atoms with Crippen LogP contribution in [0.25, 0.3) is 0 Å². The molecule has 2 aromatic rings. The SMILES string of the molecule is C[C@@H](CO)Nc1cc(N2CCOCC2)cc(Nc2ccc(C3CC3)cn2)n1. The molecule has 144 valence electrons. The van der Waals surface area contributed by atoms with Crippen LogP contribution in [0.4, 0.5) is 23.1 Å². The molecule has 3 heterocycles. The van der Waals surface area contributed by atoms with Gasteiger partial charge in [-0.25, -0.2) is 9.97 Å². The van der Waals surface area contributed by atoms with Crippen molar-refractivity contribution in [3.05, 3.63) is 36.0 Å². The molecule has 0 amide bonds. The monoisotopic (exact) mass is 369 g/mol. The summed E-state index contributed by atoms with van der Waals surface area (Å²) >= 11 is 0. The highest BCUT2D eigenvalue weighted by Crippen LogP contribution is 2.39. The topological polar surface area (TPSA) is 82.5 Å². The number of ether oxygens (including phenoxy) is 1. The second-order valence-corrected chi connectivity index (χ2v) is 7.30. The molecule has 7 heteroatoms. The van der Waals surface area contributed by atoms with E-state index < -0.39 is 0 Å². The van der Waals surface area contributed by atoms with Crippen molar-refractivity contribution in [3.63, 3.8) is 0 Å². The lowest BCUT2D eigenvalue weighted by Crippen LogP contribution is -2.36. The standard InChI is InChI=1S/C20H27N5O2/c1-14(13-26)22-19-10-17(25-6-8-27-9-7-25)11-20(24-19)23-18-5-4-16(12-21-18)15-2-3-15/h4-5,10-12,14-15,26H,2-3,6-9,13H2,1H3,(H2,21,22,23,24)/t14-/m0/s1. The van der Waals surface area contributed by atoms with E-state index >= 15 is 0 Å². The lowest BCUT2D eigenvalue weighted by Gasteiger charge is -2.29. The fourth-order valence-electron chi connectivity index (χ4n) is 3.22. The Labute approximate surface area is 159 Å². The van der Waals surface area contributed by atoms with Crippen LogP contribution >= 0.6 is 0 Å². The molecule has 0 aromatic carbocycles. The predicted octanol–water partition coefficient (Wildman–Crippen LogP) is 2.73. The van der Waals surface area contributed by atoms with Crippen LogP contribution in [0.3, 0.4) is 0 Å². The van der Waals surface area contributed by atoms with Gasteiger partial charge in [0.15, 0.2) is 0 Å². The van der Waals surface area contributed by atoms with Gasteiger partial charge in [0, 0.05) is 43.1 Å². The van der Waals surface area contributed by atoms with Crippen LogP contribution in [0.15, 0.2) is 30.5 Å². The molecule has 0 spiro atoms. The summed E-state index contributed by atoms with van der Waals surface area (Å²) in [7, 11) is 0. The third-order valence-corrected chi connectivity index (χ3v) is 4.95. The number of rotatable bonds is 7. The lowest BCUT2D eigenvalue weighted by atomic mass is 10.2. The lowest BCUT2D eigenvalue weighted by molar-refractivity contribution is 0.122. The van der Waals surface area contributed by atoms with Crippen LogP contribution in [0.2, 0.25) is 0 Å². The summed E-state index contributed by atoms with van der Waals surface area (Å²) in [6.45, 7) is 5.14. The van der Waals surface area contributed by atoms with Crippen molar-refractivity contribution in [3.8, 4) is 0 Å². The van der Waals surface area contributed by atoms with E-state index in [0.29, 0.717) is 5.92 Å². The summed E-state index contributed by atoms with van der Waals surface area (Å²) in [6, 6.07) is 8.15. The summed E-state index contributed by atoms with van der Waals surface area (Å²) in [5.74, 6) is 2.95. The molecule has 1 aliphatic carbocycles. The van der Waals surface area contributed by atoms with Crippen LogP contribution in [-0.4, -0.2) is 54.0 Å². The van der Waals surface area contributed by atoms with Crippen molar-refractivity contribution in [1.82, 2.24) is 9.97 Å². The van der Waals surface area contributed by atoms with Crippen LogP contribution < -0.4 is 15.5 Å². The Balaban J connectivity index is 1.56. The first-order chi connectivity index (χ1) is 13.2. The van der Waals surface area contributed by atoms with Gasteiger partial charge in [-0.3, -0.25) is 0 Å². The summed E-state index contributed by atoms with van der Waals surface area (Å²) in [5, 5.41) is 15.9. The third-order valence-electron chi connectivity index (χ3n) is 4.95. The van der Waals surface area contributed by atoms with E-state index in [1.54, 1.807) is 0 Å². The van der Waals surface area contributed by atoms with Gasteiger partial charge < -0.3 is 25.4 Å². The first-order valence-corrected chi connectivity index (χ1v) is 9.66. The molecule has 0 bridgehead atoms. The molecule has 1 saturated carbocycles. The number of morpholine rings is 1. The normalized spacial score (nSPS) is 18.2. The zero-order chi connectivity index (χ0) is 18.6. The first-order valence-electron chi connectivity index (χ1n) is 9.66. The molecule has 0 radical (unpaired) electrons. The predicted molar refractivity (Wildman–Crippen MR) is 107 cm³/mol. The average Bonchev–Trinajstić information content (AvgIpc) is 3.54. The Morgan fingerprint density at radius 1 is 1.19 bits per heavy atom. The fourth-order valence-corrected chi connectivity index (χ4v) is 3.22. The second kappa shape index (κ2) is 8.10. The highest BCUT2D eigenvalue weighted by atomic mass is 16.5.